The van der Waals surface area contributed by atoms with Crippen LogP contribution < -0.4 is 10.5 Å². The van der Waals surface area contributed by atoms with E-state index < -0.39 is 0 Å². The smallest absolute Gasteiger partial charge is 0.122 e. The van der Waals surface area contributed by atoms with Gasteiger partial charge in [0.2, 0.25) is 0 Å². The number of benzene rings is 1. The zero-order valence-electron chi connectivity index (χ0n) is 11.5. The first-order valence-corrected chi connectivity index (χ1v) is 7.81. The summed E-state index contributed by atoms with van der Waals surface area (Å²) >= 11 is 0. The van der Waals surface area contributed by atoms with Gasteiger partial charge in [0.25, 0.3) is 0 Å². The summed E-state index contributed by atoms with van der Waals surface area (Å²) in [4.78, 5) is 0. The van der Waals surface area contributed by atoms with E-state index in [1.165, 1.54) is 36.8 Å². The molecule has 0 amide bonds. The molecule has 2 saturated carbocycles. The van der Waals surface area contributed by atoms with Gasteiger partial charge >= 0.3 is 0 Å². The number of hydrogen-bond donors (Lipinski definition) is 1. The molecule has 19 heavy (non-hydrogen) atoms. The van der Waals surface area contributed by atoms with E-state index in [2.05, 4.69) is 18.2 Å². The summed E-state index contributed by atoms with van der Waals surface area (Å²) < 4.78 is 6.18. The van der Waals surface area contributed by atoms with Gasteiger partial charge in [-0.3, -0.25) is 0 Å². The average Bonchev–Trinajstić information content (AvgIpc) is 3.12. The molecular weight excluding hydrogens is 234 g/mol. The summed E-state index contributed by atoms with van der Waals surface area (Å²) in [7, 11) is 0. The van der Waals surface area contributed by atoms with Crippen molar-refractivity contribution in [2.24, 2.45) is 23.5 Å². The Kier molecular flexibility index (Phi) is 2.80. The maximum absolute atomic E-state index is 6.18. The van der Waals surface area contributed by atoms with Crippen molar-refractivity contribution >= 4 is 0 Å². The lowest BCUT2D eigenvalue weighted by Crippen LogP contribution is -2.19. The van der Waals surface area contributed by atoms with Crippen molar-refractivity contribution in [3.63, 3.8) is 0 Å². The van der Waals surface area contributed by atoms with E-state index >= 15 is 0 Å². The van der Waals surface area contributed by atoms with E-state index in [0.29, 0.717) is 0 Å². The van der Waals surface area contributed by atoms with Crippen molar-refractivity contribution < 1.29 is 4.74 Å². The highest BCUT2D eigenvalue weighted by molar-refractivity contribution is 5.44. The van der Waals surface area contributed by atoms with Crippen LogP contribution in [0.3, 0.4) is 0 Å². The maximum atomic E-state index is 6.18. The van der Waals surface area contributed by atoms with Crippen LogP contribution in [0.15, 0.2) is 18.2 Å². The lowest BCUT2D eigenvalue weighted by Gasteiger charge is -2.22. The minimum atomic E-state index is 0.223. The van der Waals surface area contributed by atoms with Crippen LogP contribution in [0.5, 0.6) is 5.75 Å². The molecule has 3 aliphatic carbocycles. The Balaban J connectivity index is 1.46. The summed E-state index contributed by atoms with van der Waals surface area (Å²) in [5, 5.41) is 0. The Labute approximate surface area is 115 Å². The van der Waals surface area contributed by atoms with Gasteiger partial charge in [-0.15, -0.1) is 0 Å². The molecule has 4 rings (SSSR count). The second-order valence-electron chi connectivity index (χ2n) is 6.72. The first-order chi connectivity index (χ1) is 9.31. The van der Waals surface area contributed by atoms with Crippen molar-refractivity contribution in [1.29, 1.82) is 0 Å². The molecule has 3 aliphatic rings. The minimum Gasteiger partial charge on any atom is -0.493 e. The Morgan fingerprint density at radius 1 is 1.16 bits per heavy atom. The number of nitrogens with two attached hydrogens (primary N) is 1. The number of hydrogen-bond acceptors (Lipinski definition) is 2. The van der Waals surface area contributed by atoms with Gasteiger partial charge in [0, 0.05) is 6.04 Å². The first-order valence-electron chi connectivity index (χ1n) is 7.81. The third-order valence-corrected chi connectivity index (χ3v) is 5.61. The normalized spacial score (nSPS) is 35.6. The average molecular weight is 257 g/mol. The van der Waals surface area contributed by atoms with Gasteiger partial charge in [-0.05, 0) is 67.1 Å². The molecule has 4 atom stereocenters. The highest BCUT2D eigenvalue weighted by Crippen LogP contribution is 2.48. The van der Waals surface area contributed by atoms with Gasteiger partial charge in [0.05, 0.1) is 6.61 Å². The van der Waals surface area contributed by atoms with Crippen LogP contribution in [0, 0.1) is 17.8 Å². The van der Waals surface area contributed by atoms with Gasteiger partial charge < -0.3 is 10.5 Å². The predicted octanol–water partition coefficient (Wildman–Crippen LogP) is 3.45. The Morgan fingerprint density at radius 3 is 2.89 bits per heavy atom. The van der Waals surface area contributed by atoms with Gasteiger partial charge in [-0.2, -0.15) is 0 Å². The molecule has 0 radical (unpaired) electrons. The molecule has 1 aromatic carbocycles. The zero-order valence-corrected chi connectivity index (χ0v) is 11.5. The molecule has 0 saturated heterocycles. The maximum Gasteiger partial charge on any atom is 0.122 e. The monoisotopic (exact) mass is 257 g/mol. The predicted molar refractivity (Wildman–Crippen MR) is 76.1 cm³/mol. The fraction of sp³-hybridized carbons (Fsp3) is 0.647. The second-order valence-corrected chi connectivity index (χ2v) is 6.72. The largest absolute Gasteiger partial charge is 0.493 e. The Hall–Kier alpha value is -1.02. The van der Waals surface area contributed by atoms with Crippen LogP contribution >= 0.6 is 0 Å². The highest BCUT2D eigenvalue weighted by atomic mass is 16.5. The Morgan fingerprint density at radius 2 is 2.11 bits per heavy atom. The van der Waals surface area contributed by atoms with Crippen LogP contribution in [-0.2, 0) is 6.42 Å². The van der Waals surface area contributed by atoms with E-state index in [9.17, 15) is 0 Å². The quantitative estimate of drug-likeness (QED) is 0.900. The fourth-order valence-electron chi connectivity index (χ4n) is 4.57. The van der Waals surface area contributed by atoms with Gasteiger partial charge in [0.1, 0.15) is 5.75 Å². The molecule has 0 spiro atoms. The first kappa shape index (κ1) is 11.8. The van der Waals surface area contributed by atoms with Gasteiger partial charge in [-0.1, -0.05) is 18.6 Å². The third-order valence-electron chi connectivity index (χ3n) is 5.61. The van der Waals surface area contributed by atoms with Crippen LogP contribution in [0.2, 0.25) is 0 Å². The fourth-order valence-corrected chi connectivity index (χ4v) is 4.57. The summed E-state index contributed by atoms with van der Waals surface area (Å²) in [5.74, 6) is 3.87. The molecule has 2 heteroatoms. The topological polar surface area (TPSA) is 35.2 Å². The van der Waals surface area contributed by atoms with Crippen molar-refractivity contribution in [2.45, 2.75) is 44.6 Å². The summed E-state index contributed by atoms with van der Waals surface area (Å²) in [6.45, 7) is 0.923. The zero-order chi connectivity index (χ0) is 12.8. The van der Waals surface area contributed by atoms with E-state index in [4.69, 9.17) is 10.5 Å². The lowest BCUT2D eigenvalue weighted by molar-refractivity contribution is 0.194. The minimum absolute atomic E-state index is 0.223. The third kappa shape index (κ3) is 1.97. The molecular formula is C17H23NO. The SMILES string of the molecule is NC1CCc2c(OCC3CC4CCC3C4)cccc21. The summed E-state index contributed by atoms with van der Waals surface area (Å²) in [6, 6.07) is 6.61. The number of fused-ring (bicyclic) bond motifs is 3. The molecule has 2 nitrogen and oxygen atoms in total. The van der Waals surface area contributed by atoms with Gasteiger partial charge in [0.15, 0.2) is 0 Å². The highest BCUT2D eigenvalue weighted by Gasteiger charge is 2.39. The Bertz CT molecular complexity index is 484. The van der Waals surface area contributed by atoms with Crippen molar-refractivity contribution in [1.82, 2.24) is 0 Å². The van der Waals surface area contributed by atoms with Crippen molar-refractivity contribution in [3.05, 3.63) is 29.3 Å². The van der Waals surface area contributed by atoms with E-state index in [1.54, 1.807) is 0 Å². The molecule has 0 aliphatic heterocycles. The van der Waals surface area contributed by atoms with Crippen LogP contribution in [0.1, 0.15) is 49.3 Å². The molecule has 0 aromatic heterocycles. The van der Waals surface area contributed by atoms with Crippen LogP contribution in [0.4, 0.5) is 0 Å². The molecule has 102 valence electrons. The molecule has 2 bridgehead atoms. The summed E-state index contributed by atoms with van der Waals surface area (Å²) in [6.07, 6.45) is 7.94. The lowest BCUT2D eigenvalue weighted by atomic mass is 9.89. The number of ether oxygens (including phenoxy) is 1. The van der Waals surface area contributed by atoms with E-state index in [1.807, 2.05) is 0 Å². The summed E-state index contributed by atoms with van der Waals surface area (Å²) in [5.41, 5.74) is 8.81. The number of rotatable bonds is 3. The second kappa shape index (κ2) is 4.52. The van der Waals surface area contributed by atoms with E-state index in [0.717, 1.165) is 43.0 Å². The van der Waals surface area contributed by atoms with Crippen molar-refractivity contribution in [2.75, 3.05) is 6.61 Å². The van der Waals surface area contributed by atoms with Crippen molar-refractivity contribution in [3.8, 4) is 5.75 Å². The molecule has 2 fully saturated rings. The van der Waals surface area contributed by atoms with Gasteiger partial charge in [-0.25, -0.2) is 0 Å². The molecule has 1 aromatic rings. The van der Waals surface area contributed by atoms with Crippen LogP contribution in [0.25, 0.3) is 0 Å². The standard InChI is InChI=1S/C17H23NO/c18-16-7-6-15-14(16)2-1-3-17(15)19-10-13-9-11-4-5-12(13)8-11/h1-3,11-13,16H,4-10,18H2. The molecule has 4 unspecified atom stereocenters. The molecule has 0 heterocycles. The van der Waals surface area contributed by atoms with Crippen LogP contribution in [-0.4, -0.2) is 6.61 Å². The molecule has 2 N–H and O–H groups in total. The van der Waals surface area contributed by atoms with E-state index in [-0.39, 0.29) is 6.04 Å².